The Balaban J connectivity index is 2.21. The number of imide groups is 1. The highest BCUT2D eigenvalue weighted by Crippen LogP contribution is 2.33. The van der Waals surface area contributed by atoms with Crippen LogP contribution in [0.4, 0.5) is 10.5 Å². The number of carbonyl (C=O) groups excluding carboxylic acids is 3. The molecule has 0 radical (unpaired) electrons. The molecule has 2 amide bonds. The van der Waals surface area contributed by atoms with Gasteiger partial charge in [0.05, 0.1) is 20.4 Å². The second-order valence-corrected chi connectivity index (χ2v) is 7.12. The number of rotatable bonds is 5. The van der Waals surface area contributed by atoms with E-state index in [1.54, 1.807) is 19.9 Å². The number of benzene rings is 1. The minimum absolute atomic E-state index is 0.0824. The van der Waals surface area contributed by atoms with E-state index in [0.29, 0.717) is 21.8 Å². The first-order valence-corrected chi connectivity index (χ1v) is 8.68. The molecule has 1 aliphatic rings. The molecule has 0 unspecified atom stereocenters. The van der Waals surface area contributed by atoms with Crippen LogP contribution in [0.25, 0.3) is 6.08 Å². The van der Waals surface area contributed by atoms with Crippen LogP contribution in [0.15, 0.2) is 27.6 Å². The summed E-state index contributed by atoms with van der Waals surface area (Å²) in [5.41, 5.74) is 0.235. The molecule has 0 bridgehead atoms. The summed E-state index contributed by atoms with van der Waals surface area (Å²) in [7, 11) is 0. The van der Waals surface area contributed by atoms with Crippen LogP contribution in [0.5, 0.6) is 0 Å². The summed E-state index contributed by atoms with van der Waals surface area (Å²) < 4.78 is 5.23. The van der Waals surface area contributed by atoms with Crippen molar-refractivity contribution in [2.45, 2.75) is 20.0 Å². The van der Waals surface area contributed by atoms with Gasteiger partial charge >= 0.3 is 5.97 Å². The third-order valence-electron chi connectivity index (χ3n) is 2.99. The van der Waals surface area contributed by atoms with Crippen LogP contribution in [-0.4, -0.2) is 39.6 Å². The number of nitro groups is 1. The Morgan fingerprint density at radius 2 is 2.12 bits per heavy atom. The average molecular weight is 429 g/mol. The molecule has 1 aromatic rings. The van der Waals surface area contributed by atoms with E-state index in [1.165, 1.54) is 18.2 Å². The van der Waals surface area contributed by atoms with Gasteiger partial charge in [0.25, 0.3) is 16.8 Å². The van der Waals surface area contributed by atoms with Crippen LogP contribution in [0.1, 0.15) is 19.4 Å². The van der Waals surface area contributed by atoms with Gasteiger partial charge in [-0.05, 0) is 59.2 Å². The van der Waals surface area contributed by atoms with E-state index >= 15 is 0 Å². The van der Waals surface area contributed by atoms with Crippen LogP contribution in [-0.2, 0) is 14.3 Å². The summed E-state index contributed by atoms with van der Waals surface area (Å²) in [6, 6.07) is 4.33. The monoisotopic (exact) mass is 428 g/mol. The number of thioether (sulfide) groups is 1. The normalized spacial score (nSPS) is 16.0. The van der Waals surface area contributed by atoms with Gasteiger partial charge in [-0.15, -0.1) is 0 Å². The van der Waals surface area contributed by atoms with E-state index in [9.17, 15) is 24.5 Å². The number of hydrogen-bond acceptors (Lipinski definition) is 7. The zero-order valence-corrected chi connectivity index (χ0v) is 15.6. The lowest BCUT2D eigenvalue weighted by atomic mass is 10.2. The molecule has 0 aromatic heterocycles. The molecule has 0 atom stereocenters. The Bertz CT molecular complexity index is 792. The van der Waals surface area contributed by atoms with Crippen molar-refractivity contribution in [3.63, 3.8) is 0 Å². The molecule has 1 saturated heterocycles. The molecule has 25 heavy (non-hydrogen) atoms. The van der Waals surface area contributed by atoms with Crippen molar-refractivity contribution >= 4 is 56.6 Å². The van der Waals surface area contributed by atoms with Gasteiger partial charge in [-0.2, -0.15) is 0 Å². The third-order valence-corrected chi connectivity index (χ3v) is 4.57. The summed E-state index contributed by atoms with van der Waals surface area (Å²) in [6.07, 6.45) is 1.02. The van der Waals surface area contributed by atoms with E-state index < -0.39 is 28.6 Å². The molecule has 1 aliphatic heterocycles. The van der Waals surface area contributed by atoms with Crippen molar-refractivity contribution in [1.82, 2.24) is 4.90 Å². The van der Waals surface area contributed by atoms with E-state index in [0.717, 1.165) is 4.90 Å². The van der Waals surface area contributed by atoms with Gasteiger partial charge in [0, 0.05) is 6.07 Å². The van der Waals surface area contributed by atoms with Crippen LogP contribution in [0.3, 0.4) is 0 Å². The van der Waals surface area contributed by atoms with Gasteiger partial charge in [0.2, 0.25) is 0 Å². The fourth-order valence-corrected chi connectivity index (χ4v) is 3.21. The number of hydrogen-bond donors (Lipinski definition) is 0. The number of nitrogens with zero attached hydrogens (tertiary/aromatic N) is 2. The van der Waals surface area contributed by atoms with Crippen molar-refractivity contribution in [3.8, 4) is 0 Å². The van der Waals surface area contributed by atoms with Crippen LogP contribution >= 0.6 is 27.7 Å². The maximum atomic E-state index is 12.3. The highest BCUT2D eigenvalue weighted by molar-refractivity contribution is 9.10. The Hall–Kier alpha value is -2.20. The first-order valence-electron chi connectivity index (χ1n) is 7.08. The molecular weight excluding hydrogens is 416 g/mol. The average Bonchev–Trinajstić information content (AvgIpc) is 2.75. The van der Waals surface area contributed by atoms with Gasteiger partial charge in [-0.3, -0.25) is 29.4 Å². The number of amides is 2. The molecule has 1 fully saturated rings. The molecule has 1 aromatic carbocycles. The first-order chi connectivity index (χ1) is 11.7. The number of halogens is 1. The molecule has 10 heteroatoms. The Morgan fingerprint density at radius 3 is 2.72 bits per heavy atom. The van der Waals surface area contributed by atoms with Gasteiger partial charge in [-0.25, -0.2) is 0 Å². The summed E-state index contributed by atoms with van der Waals surface area (Å²) in [4.78, 5) is 47.1. The third kappa shape index (κ3) is 4.67. The lowest BCUT2D eigenvalue weighted by Crippen LogP contribution is -2.35. The van der Waals surface area contributed by atoms with Gasteiger partial charge in [0.15, 0.2) is 0 Å². The van der Waals surface area contributed by atoms with Gasteiger partial charge in [-0.1, -0.05) is 6.07 Å². The topological polar surface area (TPSA) is 107 Å². The lowest BCUT2D eigenvalue weighted by Gasteiger charge is -2.13. The summed E-state index contributed by atoms with van der Waals surface area (Å²) in [5.74, 6) is -1.32. The van der Waals surface area contributed by atoms with E-state index in [1.807, 2.05) is 0 Å². The lowest BCUT2D eigenvalue weighted by molar-refractivity contribution is -0.385. The minimum atomic E-state index is -0.683. The second-order valence-electron chi connectivity index (χ2n) is 5.27. The van der Waals surface area contributed by atoms with E-state index in [2.05, 4.69) is 15.9 Å². The zero-order valence-electron chi connectivity index (χ0n) is 13.2. The minimum Gasteiger partial charge on any atom is -0.462 e. The smallest absolute Gasteiger partial charge is 0.326 e. The molecule has 2 rings (SSSR count). The molecule has 0 N–H and O–H groups in total. The molecular formula is C15H13BrN2O6S. The predicted molar refractivity (Wildman–Crippen MR) is 94.7 cm³/mol. The fourth-order valence-electron chi connectivity index (χ4n) is 1.98. The SMILES string of the molecule is CC(C)OC(=O)CN1C(=O)S/C(=C\c2ccc(Br)c([N+](=O)[O-])c2)C1=O. The second kappa shape index (κ2) is 7.79. The van der Waals surface area contributed by atoms with Crippen molar-refractivity contribution in [3.05, 3.63) is 43.3 Å². The van der Waals surface area contributed by atoms with E-state index in [4.69, 9.17) is 4.74 Å². The fraction of sp³-hybridized carbons (Fsp3) is 0.267. The van der Waals surface area contributed by atoms with Crippen LogP contribution < -0.4 is 0 Å². The number of nitro benzene ring substituents is 1. The number of ether oxygens (including phenoxy) is 1. The molecule has 1 heterocycles. The number of carbonyl (C=O) groups is 3. The standard InChI is InChI=1S/C15H13BrN2O6S/c1-8(2)24-13(19)7-17-14(20)12(25-15(17)21)6-9-3-4-10(16)11(5-9)18(22)23/h3-6,8H,7H2,1-2H3/b12-6-. The Kier molecular flexibility index (Phi) is 5.96. The maximum absolute atomic E-state index is 12.3. The zero-order chi connectivity index (χ0) is 18.7. The highest BCUT2D eigenvalue weighted by atomic mass is 79.9. The Morgan fingerprint density at radius 1 is 1.44 bits per heavy atom. The number of esters is 1. The van der Waals surface area contributed by atoms with Crippen molar-refractivity contribution in [2.75, 3.05) is 6.54 Å². The highest BCUT2D eigenvalue weighted by Gasteiger charge is 2.36. The molecule has 0 saturated carbocycles. The molecule has 0 aliphatic carbocycles. The largest absolute Gasteiger partial charge is 0.462 e. The summed E-state index contributed by atoms with van der Waals surface area (Å²) in [6.45, 7) is 2.85. The maximum Gasteiger partial charge on any atom is 0.326 e. The summed E-state index contributed by atoms with van der Waals surface area (Å²) in [5, 5.41) is 10.4. The molecule has 0 spiro atoms. The van der Waals surface area contributed by atoms with Crippen LogP contribution in [0, 0.1) is 10.1 Å². The quantitative estimate of drug-likeness (QED) is 0.306. The Labute approximate surface area is 155 Å². The van der Waals surface area contributed by atoms with Crippen molar-refractivity contribution in [1.29, 1.82) is 0 Å². The predicted octanol–water partition coefficient (Wildman–Crippen LogP) is 3.35. The van der Waals surface area contributed by atoms with Crippen molar-refractivity contribution < 1.29 is 24.0 Å². The van der Waals surface area contributed by atoms with Crippen molar-refractivity contribution in [2.24, 2.45) is 0 Å². The summed E-state index contributed by atoms with van der Waals surface area (Å²) >= 11 is 3.74. The molecule has 8 nitrogen and oxygen atoms in total. The van der Waals surface area contributed by atoms with Crippen LogP contribution in [0.2, 0.25) is 0 Å². The van der Waals surface area contributed by atoms with Gasteiger partial charge < -0.3 is 4.74 Å². The van der Waals surface area contributed by atoms with Gasteiger partial charge in [0.1, 0.15) is 6.54 Å². The first kappa shape index (κ1) is 19.1. The molecule has 132 valence electrons. The van der Waals surface area contributed by atoms with E-state index in [-0.39, 0.29) is 16.7 Å².